The molecule has 100 valence electrons. The Morgan fingerprint density at radius 1 is 1.39 bits per heavy atom. The first-order chi connectivity index (χ1) is 8.72. The van der Waals surface area contributed by atoms with E-state index in [4.69, 9.17) is 8.92 Å². The van der Waals surface area contributed by atoms with Crippen molar-refractivity contribution in [3.63, 3.8) is 0 Å². The molecule has 1 unspecified atom stereocenters. The molecule has 4 nitrogen and oxygen atoms in total. The lowest BCUT2D eigenvalue weighted by molar-refractivity contribution is 0.138. The summed E-state index contributed by atoms with van der Waals surface area (Å²) in [5.41, 5.74) is 0.978. The number of rotatable bonds is 7. The van der Waals surface area contributed by atoms with Gasteiger partial charge in [0, 0.05) is 12.8 Å². The maximum atomic E-state index is 11.4. The summed E-state index contributed by atoms with van der Waals surface area (Å²) >= 11 is 1.33. The second-order valence-corrected chi connectivity index (χ2v) is 4.38. The van der Waals surface area contributed by atoms with Crippen LogP contribution in [0, 0.1) is 0 Å². The zero-order chi connectivity index (χ0) is 13.2. The smallest absolute Gasteiger partial charge is 0.407 e. The molecule has 0 aliphatic heterocycles. The van der Waals surface area contributed by atoms with Gasteiger partial charge in [-0.3, -0.25) is 0 Å². The van der Waals surface area contributed by atoms with Crippen LogP contribution in [-0.4, -0.2) is 25.0 Å². The van der Waals surface area contributed by atoms with Crippen LogP contribution in [0.5, 0.6) is 0 Å². The number of hydrogen-bond donors (Lipinski definition) is 1. The SMILES string of the molecule is CSOC(C)CCNC(=O)OCc1ccccc1. The van der Waals surface area contributed by atoms with Gasteiger partial charge in [-0.1, -0.05) is 30.3 Å². The summed E-state index contributed by atoms with van der Waals surface area (Å²) in [5, 5.41) is 2.69. The molecule has 0 aliphatic rings. The Hall–Kier alpha value is -1.20. The zero-order valence-electron chi connectivity index (χ0n) is 10.7. The van der Waals surface area contributed by atoms with Crippen LogP contribution in [0.1, 0.15) is 18.9 Å². The standard InChI is InChI=1S/C13H19NO3S/c1-11(17-18-2)8-9-14-13(15)16-10-12-6-4-3-5-7-12/h3-7,11H,8-10H2,1-2H3,(H,14,15). The Kier molecular flexibility index (Phi) is 7.29. The highest BCUT2D eigenvalue weighted by atomic mass is 32.2. The Bertz CT molecular complexity index is 345. The lowest BCUT2D eigenvalue weighted by atomic mass is 10.2. The van der Waals surface area contributed by atoms with Crippen molar-refractivity contribution in [1.29, 1.82) is 0 Å². The van der Waals surface area contributed by atoms with Crippen LogP contribution in [-0.2, 0) is 15.5 Å². The summed E-state index contributed by atoms with van der Waals surface area (Å²) in [5.74, 6) is 0. The van der Waals surface area contributed by atoms with Crippen LogP contribution in [0.3, 0.4) is 0 Å². The second kappa shape index (κ2) is 8.83. The van der Waals surface area contributed by atoms with Crippen molar-refractivity contribution in [1.82, 2.24) is 5.32 Å². The molecular weight excluding hydrogens is 250 g/mol. The van der Waals surface area contributed by atoms with Gasteiger partial charge < -0.3 is 14.2 Å². The molecule has 0 radical (unpaired) electrons. The molecule has 0 spiro atoms. The van der Waals surface area contributed by atoms with Gasteiger partial charge in [0.15, 0.2) is 0 Å². The second-order valence-electron chi connectivity index (χ2n) is 3.85. The van der Waals surface area contributed by atoms with Gasteiger partial charge in [0.05, 0.1) is 6.10 Å². The normalized spacial score (nSPS) is 11.9. The average Bonchev–Trinajstić information content (AvgIpc) is 2.38. The highest BCUT2D eigenvalue weighted by Crippen LogP contribution is 2.05. The van der Waals surface area contributed by atoms with E-state index in [1.807, 2.05) is 43.5 Å². The topological polar surface area (TPSA) is 47.6 Å². The molecule has 5 heteroatoms. The minimum atomic E-state index is -0.393. The van der Waals surface area contributed by atoms with E-state index in [9.17, 15) is 4.79 Å². The Morgan fingerprint density at radius 2 is 2.11 bits per heavy atom. The first-order valence-corrected chi connectivity index (χ1v) is 7.01. The summed E-state index contributed by atoms with van der Waals surface area (Å²) in [6.45, 7) is 2.81. The minimum Gasteiger partial charge on any atom is -0.445 e. The van der Waals surface area contributed by atoms with E-state index in [1.54, 1.807) is 0 Å². The molecule has 0 saturated heterocycles. The third-order valence-corrected chi connectivity index (χ3v) is 2.81. The zero-order valence-corrected chi connectivity index (χ0v) is 11.5. The molecule has 18 heavy (non-hydrogen) atoms. The summed E-state index contributed by atoms with van der Waals surface area (Å²) in [4.78, 5) is 11.4. The van der Waals surface area contributed by atoms with Crippen molar-refractivity contribution in [3.05, 3.63) is 35.9 Å². The van der Waals surface area contributed by atoms with Crippen LogP contribution < -0.4 is 5.32 Å². The van der Waals surface area contributed by atoms with Crippen LogP contribution in [0.4, 0.5) is 4.79 Å². The lowest BCUT2D eigenvalue weighted by Crippen LogP contribution is -2.27. The van der Waals surface area contributed by atoms with Gasteiger partial charge in [0.2, 0.25) is 0 Å². The molecule has 1 aromatic rings. The van der Waals surface area contributed by atoms with Crippen LogP contribution in [0.2, 0.25) is 0 Å². The molecule has 0 heterocycles. The molecule has 0 fully saturated rings. The first kappa shape index (κ1) is 14.9. The number of carbonyl (C=O) groups is 1. The molecule has 1 aromatic carbocycles. The Balaban J connectivity index is 2.11. The number of ether oxygens (including phenoxy) is 1. The number of nitrogens with one attached hydrogen (secondary N) is 1. The van der Waals surface area contributed by atoms with E-state index in [0.29, 0.717) is 13.2 Å². The summed E-state index contributed by atoms with van der Waals surface area (Å²) in [7, 11) is 0. The number of benzene rings is 1. The van der Waals surface area contributed by atoms with E-state index in [1.165, 1.54) is 12.0 Å². The van der Waals surface area contributed by atoms with E-state index in [2.05, 4.69) is 5.32 Å². The molecule has 0 bridgehead atoms. The van der Waals surface area contributed by atoms with Crippen molar-refractivity contribution in [3.8, 4) is 0 Å². The maximum absolute atomic E-state index is 11.4. The van der Waals surface area contributed by atoms with Crippen molar-refractivity contribution >= 4 is 18.1 Å². The molecule has 0 aromatic heterocycles. The van der Waals surface area contributed by atoms with E-state index in [-0.39, 0.29) is 6.10 Å². The van der Waals surface area contributed by atoms with Gasteiger partial charge in [0.25, 0.3) is 0 Å². The molecule has 1 rings (SSSR count). The van der Waals surface area contributed by atoms with E-state index < -0.39 is 6.09 Å². The highest BCUT2D eigenvalue weighted by molar-refractivity contribution is 7.93. The van der Waals surface area contributed by atoms with E-state index >= 15 is 0 Å². The van der Waals surface area contributed by atoms with Crippen molar-refractivity contribution in [2.45, 2.75) is 26.1 Å². The quantitative estimate of drug-likeness (QED) is 0.773. The first-order valence-electron chi connectivity index (χ1n) is 5.86. The number of hydrogen-bond acceptors (Lipinski definition) is 4. The number of amides is 1. The van der Waals surface area contributed by atoms with E-state index in [0.717, 1.165) is 12.0 Å². The van der Waals surface area contributed by atoms with Gasteiger partial charge in [-0.05, 0) is 31.0 Å². The molecule has 0 aliphatic carbocycles. The summed E-state index contributed by atoms with van der Waals surface area (Å²) in [6, 6.07) is 9.59. The third kappa shape index (κ3) is 6.51. The Morgan fingerprint density at radius 3 is 2.78 bits per heavy atom. The lowest BCUT2D eigenvalue weighted by Gasteiger charge is -2.11. The fourth-order valence-electron chi connectivity index (χ4n) is 1.36. The van der Waals surface area contributed by atoms with Gasteiger partial charge in [-0.25, -0.2) is 4.79 Å². The maximum Gasteiger partial charge on any atom is 0.407 e. The number of carbonyl (C=O) groups excluding carboxylic acids is 1. The fraction of sp³-hybridized carbons (Fsp3) is 0.462. The van der Waals surface area contributed by atoms with Crippen LogP contribution in [0.25, 0.3) is 0 Å². The fourth-order valence-corrected chi connectivity index (χ4v) is 1.79. The molecule has 1 amide bonds. The third-order valence-electron chi connectivity index (χ3n) is 2.29. The summed E-state index contributed by atoms with van der Waals surface area (Å²) in [6.07, 6.45) is 2.36. The van der Waals surface area contributed by atoms with Crippen molar-refractivity contribution < 1.29 is 13.7 Å². The largest absolute Gasteiger partial charge is 0.445 e. The highest BCUT2D eigenvalue weighted by Gasteiger charge is 2.05. The molecule has 1 atom stereocenters. The average molecular weight is 269 g/mol. The van der Waals surface area contributed by atoms with Gasteiger partial charge >= 0.3 is 6.09 Å². The summed E-state index contributed by atoms with van der Waals surface area (Å²) < 4.78 is 10.4. The Labute approximate surface area is 112 Å². The van der Waals surface area contributed by atoms with Gasteiger partial charge in [-0.15, -0.1) is 0 Å². The molecule has 1 N–H and O–H groups in total. The van der Waals surface area contributed by atoms with Gasteiger partial charge in [-0.2, -0.15) is 0 Å². The van der Waals surface area contributed by atoms with Crippen molar-refractivity contribution in [2.75, 3.05) is 12.8 Å². The predicted molar refractivity (Wildman–Crippen MR) is 73.3 cm³/mol. The number of alkyl carbamates (subject to hydrolysis) is 1. The predicted octanol–water partition coefficient (Wildman–Crippen LogP) is 2.99. The van der Waals surface area contributed by atoms with Crippen LogP contribution in [0.15, 0.2) is 30.3 Å². The molecule has 0 saturated carbocycles. The monoisotopic (exact) mass is 269 g/mol. The van der Waals surface area contributed by atoms with Crippen molar-refractivity contribution in [2.24, 2.45) is 0 Å². The van der Waals surface area contributed by atoms with Gasteiger partial charge in [0.1, 0.15) is 6.61 Å². The minimum absolute atomic E-state index is 0.120. The van der Waals surface area contributed by atoms with Crippen LogP contribution >= 0.6 is 12.0 Å². The molecular formula is C13H19NO3S.